The molecule has 0 aliphatic heterocycles. The lowest BCUT2D eigenvalue weighted by Gasteiger charge is -2.08. The number of benzene rings is 1. The average molecular weight is 248 g/mol. The SMILES string of the molecule is FC(F)(F)c1ccc(Cl)c(-c2ccon2)c1. The van der Waals surface area contributed by atoms with E-state index < -0.39 is 11.7 Å². The highest BCUT2D eigenvalue weighted by Gasteiger charge is 2.31. The van der Waals surface area contributed by atoms with E-state index in [9.17, 15) is 13.2 Å². The molecule has 0 saturated carbocycles. The summed E-state index contributed by atoms with van der Waals surface area (Å²) in [5.74, 6) is 0. The number of alkyl halides is 3. The summed E-state index contributed by atoms with van der Waals surface area (Å²) in [6.45, 7) is 0. The molecule has 0 N–H and O–H groups in total. The van der Waals surface area contributed by atoms with Gasteiger partial charge in [-0.2, -0.15) is 13.2 Å². The fraction of sp³-hybridized carbons (Fsp3) is 0.100. The van der Waals surface area contributed by atoms with Crippen LogP contribution in [-0.4, -0.2) is 5.16 Å². The van der Waals surface area contributed by atoms with Gasteiger partial charge in [0.1, 0.15) is 12.0 Å². The summed E-state index contributed by atoms with van der Waals surface area (Å²) in [6, 6.07) is 4.50. The van der Waals surface area contributed by atoms with Crippen LogP contribution in [0.25, 0.3) is 11.3 Å². The molecule has 0 spiro atoms. The molecular weight excluding hydrogens is 243 g/mol. The van der Waals surface area contributed by atoms with Crippen molar-refractivity contribution in [1.29, 1.82) is 0 Å². The second-order valence-electron chi connectivity index (χ2n) is 3.08. The fourth-order valence-electron chi connectivity index (χ4n) is 1.25. The second-order valence-corrected chi connectivity index (χ2v) is 3.48. The first kappa shape index (κ1) is 11.0. The van der Waals surface area contributed by atoms with Crippen molar-refractivity contribution in [2.45, 2.75) is 6.18 Å². The molecule has 0 amide bonds. The molecule has 0 bridgehead atoms. The molecule has 0 atom stereocenters. The molecule has 2 aromatic rings. The summed E-state index contributed by atoms with van der Waals surface area (Å²) in [5, 5.41) is 3.74. The highest BCUT2D eigenvalue weighted by atomic mass is 35.5. The minimum atomic E-state index is -4.40. The van der Waals surface area contributed by atoms with E-state index in [2.05, 4.69) is 9.68 Å². The van der Waals surface area contributed by atoms with E-state index in [0.29, 0.717) is 0 Å². The van der Waals surface area contributed by atoms with Crippen molar-refractivity contribution in [3.8, 4) is 11.3 Å². The molecule has 2 rings (SSSR count). The molecule has 84 valence electrons. The second kappa shape index (κ2) is 3.83. The highest BCUT2D eigenvalue weighted by Crippen LogP contribution is 2.35. The van der Waals surface area contributed by atoms with Crippen LogP contribution in [0.2, 0.25) is 5.02 Å². The molecule has 2 nitrogen and oxygen atoms in total. The molecule has 1 heterocycles. The number of hydrogen-bond donors (Lipinski definition) is 0. The summed E-state index contributed by atoms with van der Waals surface area (Å²) >= 11 is 5.79. The first-order valence-electron chi connectivity index (χ1n) is 4.26. The van der Waals surface area contributed by atoms with Crippen LogP contribution in [0, 0.1) is 0 Å². The smallest absolute Gasteiger partial charge is 0.364 e. The lowest BCUT2D eigenvalue weighted by atomic mass is 10.1. The summed E-state index contributed by atoms with van der Waals surface area (Å²) in [4.78, 5) is 0. The van der Waals surface area contributed by atoms with E-state index in [4.69, 9.17) is 11.6 Å². The first-order chi connectivity index (χ1) is 7.48. The van der Waals surface area contributed by atoms with Gasteiger partial charge in [-0.25, -0.2) is 0 Å². The van der Waals surface area contributed by atoms with Crippen molar-refractivity contribution >= 4 is 11.6 Å². The fourth-order valence-corrected chi connectivity index (χ4v) is 1.46. The van der Waals surface area contributed by atoms with Gasteiger partial charge in [-0.3, -0.25) is 0 Å². The molecule has 0 unspecified atom stereocenters. The van der Waals surface area contributed by atoms with E-state index in [0.717, 1.165) is 12.1 Å². The van der Waals surface area contributed by atoms with Crippen molar-refractivity contribution in [3.63, 3.8) is 0 Å². The Morgan fingerprint density at radius 2 is 1.94 bits per heavy atom. The third-order valence-electron chi connectivity index (χ3n) is 2.01. The summed E-state index contributed by atoms with van der Waals surface area (Å²) < 4.78 is 41.9. The number of hydrogen-bond acceptors (Lipinski definition) is 2. The lowest BCUT2D eigenvalue weighted by Crippen LogP contribution is -2.04. The number of rotatable bonds is 1. The van der Waals surface area contributed by atoms with Gasteiger partial charge in [-0.05, 0) is 18.2 Å². The van der Waals surface area contributed by atoms with Gasteiger partial charge < -0.3 is 4.52 Å². The molecule has 0 aliphatic carbocycles. The first-order valence-corrected chi connectivity index (χ1v) is 4.64. The van der Waals surface area contributed by atoms with E-state index in [1.807, 2.05) is 0 Å². The van der Waals surface area contributed by atoms with E-state index in [1.54, 1.807) is 0 Å². The van der Waals surface area contributed by atoms with Gasteiger partial charge in [-0.15, -0.1) is 0 Å². The van der Waals surface area contributed by atoms with Gasteiger partial charge in [0.2, 0.25) is 0 Å². The normalized spacial score (nSPS) is 11.8. The molecule has 0 saturated heterocycles. The van der Waals surface area contributed by atoms with Crippen LogP contribution in [0.15, 0.2) is 35.1 Å². The predicted molar refractivity (Wildman–Crippen MR) is 52.0 cm³/mol. The van der Waals surface area contributed by atoms with E-state index >= 15 is 0 Å². The van der Waals surface area contributed by atoms with Crippen LogP contribution in [0.4, 0.5) is 13.2 Å². The Kier molecular flexibility index (Phi) is 2.63. The van der Waals surface area contributed by atoms with Crippen molar-refractivity contribution in [1.82, 2.24) is 5.16 Å². The van der Waals surface area contributed by atoms with E-state index in [1.165, 1.54) is 18.4 Å². The largest absolute Gasteiger partial charge is 0.416 e. The van der Waals surface area contributed by atoms with Crippen molar-refractivity contribution in [2.75, 3.05) is 0 Å². The molecule has 0 aliphatic rings. The zero-order valence-corrected chi connectivity index (χ0v) is 8.51. The average Bonchev–Trinajstić information content (AvgIpc) is 2.69. The van der Waals surface area contributed by atoms with Crippen LogP contribution in [0.3, 0.4) is 0 Å². The Hall–Kier alpha value is -1.49. The molecule has 16 heavy (non-hydrogen) atoms. The Bertz CT molecular complexity index is 493. The van der Waals surface area contributed by atoms with Gasteiger partial charge in [-0.1, -0.05) is 16.8 Å². The third-order valence-corrected chi connectivity index (χ3v) is 2.34. The van der Waals surface area contributed by atoms with Crippen LogP contribution in [0.1, 0.15) is 5.56 Å². The lowest BCUT2D eigenvalue weighted by molar-refractivity contribution is -0.137. The molecular formula is C10H5ClF3NO. The van der Waals surface area contributed by atoms with Crippen molar-refractivity contribution < 1.29 is 17.7 Å². The maximum absolute atomic E-state index is 12.5. The standard InChI is InChI=1S/C10H5ClF3NO/c11-8-2-1-6(10(12,13)14)5-7(8)9-3-4-16-15-9/h1-5H. The predicted octanol–water partition coefficient (Wildman–Crippen LogP) is 4.01. The van der Waals surface area contributed by atoms with Crippen LogP contribution >= 0.6 is 11.6 Å². The van der Waals surface area contributed by atoms with Gasteiger partial charge in [0.15, 0.2) is 0 Å². The Morgan fingerprint density at radius 1 is 1.19 bits per heavy atom. The van der Waals surface area contributed by atoms with Gasteiger partial charge in [0.05, 0.1) is 10.6 Å². The minimum absolute atomic E-state index is 0.196. The maximum atomic E-state index is 12.5. The Balaban J connectivity index is 2.54. The highest BCUT2D eigenvalue weighted by molar-refractivity contribution is 6.33. The van der Waals surface area contributed by atoms with Crippen molar-refractivity contribution in [2.24, 2.45) is 0 Å². The zero-order valence-electron chi connectivity index (χ0n) is 7.75. The number of nitrogens with zero attached hydrogens (tertiary/aromatic N) is 1. The monoisotopic (exact) mass is 247 g/mol. The number of halogens is 4. The minimum Gasteiger partial charge on any atom is -0.364 e. The quantitative estimate of drug-likeness (QED) is 0.761. The maximum Gasteiger partial charge on any atom is 0.416 e. The zero-order chi connectivity index (χ0) is 11.8. The molecule has 1 aromatic carbocycles. The number of aromatic nitrogens is 1. The van der Waals surface area contributed by atoms with Crippen LogP contribution < -0.4 is 0 Å². The Labute approximate surface area is 93.6 Å². The molecule has 6 heteroatoms. The molecule has 0 radical (unpaired) electrons. The summed E-state index contributed by atoms with van der Waals surface area (Å²) in [5.41, 5.74) is -0.295. The van der Waals surface area contributed by atoms with E-state index in [-0.39, 0.29) is 16.3 Å². The molecule has 0 fully saturated rings. The third kappa shape index (κ3) is 2.04. The van der Waals surface area contributed by atoms with Crippen LogP contribution in [0.5, 0.6) is 0 Å². The van der Waals surface area contributed by atoms with Gasteiger partial charge in [0, 0.05) is 11.6 Å². The van der Waals surface area contributed by atoms with Gasteiger partial charge >= 0.3 is 6.18 Å². The summed E-state index contributed by atoms with van der Waals surface area (Å²) in [7, 11) is 0. The summed E-state index contributed by atoms with van der Waals surface area (Å²) in [6.07, 6.45) is -3.13. The Morgan fingerprint density at radius 3 is 2.50 bits per heavy atom. The van der Waals surface area contributed by atoms with Gasteiger partial charge in [0.25, 0.3) is 0 Å². The topological polar surface area (TPSA) is 26.0 Å². The van der Waals surface area contributed by atoms with Crippen LogP contribution in [-0.2, 0) is 6.18 Å². The molecule has 1 aromatic heterocycles. The van der Waals surface area contributed by atoms with Crippen molar-refractivity contribution in [3.05, 3.63) is 41.1 Å².